The lowest BCUT2D eigenvalue weighted by molar-refractivity contribution is 0.0250. The van der Waals surface area contributed by atoms with Crippen LogP contribution in [0, 0.1) is 0 Å². The first-order chi connectivity index (χ1) is 10.7. The van der Waals surface area contributed by atoms with Crippen LogP contribution in [0.3, 0.4) is 0 Å². The van der Waals surface area contributed by atoms with E-state index >= 15 is 0 Å². The summed E-state index contributed by atoms with van der Waals surface area (Å²) in [6.07, 6.45) is 1.22. The monoisotopic (exact) mass is 369 g/mol. The second kappa shape index (κ2) is 6.85. The molecule has 1 aromatic carbocycles. The molecule has 120 valence electrons. The molecule has 1 atom stereocenters. The Hall–Kier alpha value is -1.31. The number of hydrogen-bond acceptors (Lipinski definition) is 6. The van der Waals surface area contributed by atoms with Gasteiger partial charge in [0.1, 0.15) is 10.2 Å². The number of ether oxygens (including phenoxy) is 2. The molecule has 1 fully saturated rings. The average Bonchev–Trinajstić information content (AvgIpc) is 2.99. The van der Waals surface area contributed by atoms with Crippen molar-refractivity contribution in [1.82, 2.24) is 10.5 Å². The summed E-state index contributed by atoms with van der Waals surface area (Å²) in [4.78, 5) is 2.10. The molecule has 1 unspecified atom stereocenters. The van der Waals surface area contributed by atoms with Crippen molar-refractivity contribution in [2.75, 3.05) is 45.3 Å². The first-order valence-electron chi connectivity index (χ1n) is 7.36. The minimum Gasteiger partial charge on any atom is -0.495 e. The molecule has 22 heavy (non-hydrogen) atoms. The van der Waals surface area contributed by atoms with Gasteiger partial charge in [-0.25, -0.2) is 0 Å². The number of fused-ring (bicyclic) bond motifs is 1. The Labute approximate surface area is 137 Å². The molecule has 0 amide bonds. The van der Waals surface area contributed by atoms with Gasteiger partial charge in [-0.15, -0.1) is 0 Å². The number of nitrogens with one attached hydrogen (secondary N) is 1. The van der Waals surface area contributed by atoms with Gasteiger partial charge in [0, 0.05) is 26.7 Å². The van der Waals surface area contributed by atoms with Gasteiger partial charge >= 0.3 is 0 Å². The molecular formula is C15H20BrN3O3. The Balaban J connectivity index is 1.73. The minimum absolute atomic E-state index is 0.265. The van der Waals surface area contributed by atoms with Crippen LogP contribution in [0.5, 0.6) is 5.75 Å². The Morgan fingerprint density at radius 2 is 2.36 bits per heavy atom. The predicted octanol–water partition coefficient (Wildman–Crippen LogP) is 2.41. The fraction of sp³-hybridized carbons (Fsp3) is 0.533. The van der Waals surface area contributed by atoms with Crippen molar-refractivity contribution in [2.45, 2.75) is 12.5 Å². The summed E-state index contributed by atoms with van der Waals surface area (Å²) in [5.41, 5.74) is 0.705. The maximum atomic E-state index is 5.73. The molecule has 2 aromatic rings. The molecule has 0 radical (unpaired) electrons. The van der Waals surface area contributed by atoms with Crippen molar-refractivity contribution in [3.8, 4) is 5.75 Å². The number of halogens is 1. The maximum Gasteiger partial charge on any atom is 0.187 e. The highest BCUT2D eigenvalue weighted by molar-refractivity contribution is 9.10. The van der Waals surface area contributed by atoms with Gasteiger partial charge in [0.2, 0.25) is 0 Å². The van der Waals surface area contributed by atoms with Crippen molar-refractivity contribution >= 4 is 32.7 Å². The van der Waals surface area contributed by atoms with Gasteiger partial charge < -0.3 is 24.2 Å². The maximum absolute atomic E-state index is 5.73. The molecule has 1 aliphatic rings. The van der Waals surface area contributed by atoms with Gasteiger partial charge in [-0.1, -0.05) is 5.16 Å². The third kappa shape index (κ3) is 3.06. The van der Waals surface area contributed by atoms with Gasteiger partial charge in [0.15, 0.2) is 11.4 Å². The van der Waals surface area contributed by atoms with Crippen LogP contribution in [-0.2, 0) is 4.74 Å². The van der Waals surface area contributed by atoms with Gasteiger partial charge in [-0.05, 0) is 34.5 Å². The lowest BCUT2D eigenvalue weighted by atomic mass is 10.2. The number of morpholine rings is 1. The van der Waals surface area contributed by atoms with Gasteiger partial charge in [-0.2, -0.15) is 0 Å². The van der Waals surface area contributed by atoms with Crippen LogP contribution in [0.2, 0.25) is 0 Å². The van der Waals surface area contributed by atoms with E-state index in [9.17, 15) is 0 Å². The molecular weight excluding hydrogens is 350 g/mol. The Bertz CT molecular complexity index is 640. The van der Waals surface area contributed by atoms with E-state index in [0.717, 1.165) is 54.1 Å². The van der Waals surface area contributed by atoms with Crippen molar-refractivity contribution in [3.63, 3.8) is 0 Å². The van der Waals surface area contributed by atoms with Crippen LogP contribution in [0.15, 0.2) is 21.1 Å². The second-order valence-corrected chi connectivity index (χ2v) is 6.16. The number of anilines is 1. The van der Waals surface area contributed by atoms with Crippen LogP contribution >= 0.6 is 15.9 Å². The first kappa shape index (κ1) is 15.6. The van der Waals surface area contributed by atoms with E-state index in [0.29, 0.717) is 5.58 Å². The lowest BCUT2D eigenvalue weighted by Crippen LogP contribution is -2.40. The SMILES string of the molecule is COc1ccc2c(N(C)CCC3CNCCO3)noc2c1Br. The topological polar surface area (TPSA) is 59.8 Å². The fourth-order valence-corrected chi connectivity index (χ4v) is 3.20. The van der Waals surface area contributed by atoms with Crippen molar-refractivity contribution in [2.24, 2.45) is 0 Å². The molecule has 0 spiro atoms. The highest BCUT2D eigenvalue weighted by Crippen LogP contribution is 2.37. The van der Waals surface area contributed by atoms with E-state index in [1.165, 1.54) is 0 Å². The van der Waals surface area contributed by atoms with Crippen molar-refractivity contribution in [1.29, 1.82) is 0 Å². The number of benzene rings is 1. The lowest BCUT2D eigenvalue weighted by Gasteiger charge is -2.25. The van der Waals surface area contributed by atoms with Crippen LogP contribution in [0.1, 0.15) is 6.42 Å². The van der Waals surface area contributed by atoms with Crippen LogP contribution in [0.4, 0.5) is 5.82 Å². The van der Waals surface area contributed by atoms with E-state index in [1.807, 2.05) is 19.2 Å². The summed E-state index contributed by atoms with van der Waals surface area (Å²) in [5.74, 6) is 1.57. The molecule has 3 rings (SSSR count). The Kier molecular flexibility index (Phi) is 4.85. The smallest absolute Gasteiger partial charge is 0.187 e. The zero-order valence-corrected chi connectivity index (χ0v) is 14.4. The molecule has 6 nitrogen and oxygen atoms in total. The number of methoxy groups -OCH3 is 1. The third-order valence-corrected chi connectivity index (χ3v) is 4.65. The van der Waals surface area contributed by atoms with E-state index < -0.39 is 0 Å². The van der Waals surface area contributed by atoms with Gasteiger partial charge in [0.25, 0.3) is 0 Å². The van der Waals surface area contributed by atoms with E-state index in [4.69, 9.17) is 14.0 Å². The molecule has 1 aliphatic heterocycles. The van der Waals surface area contributed by atoms with Gasteiger partial charge in [-0.3, -0.25) is 0 Å². The normalized spacial score (nSPS) is 18.6. The van der Waals surface area contributed by atoms with Crippen LogP contribution < -0.4 is 15.0 Å². The van der Waals surface area contributed by atoms with Crippen LogP contribution in [0.25, 0.3) is 11.0 Å². The zero-order chi connectivity index (χ0) is 15.5. The Morgan fingerprint density at radius 1 is 1.50 bits per heavy atom. The molecule has 1 saturated heterocycles. The van der Waals surface area contributed by atoms with E-state index in [1.54, 1.807) is 7.11 Å². The van der Waals surface area contributed by atoms with E-state index in [2.05, 4.69) is 31.3 Å². The largest absolute Gasteiger partial charge is 0.495 e. The molecule has 1 aromatic heterocycles. The summed E-state index contributed by atoms with van der Waals surface area (Å²) in [7, 11) is 3.65. The Morgan fingerprint density at radius 3 is 3.09 bits per heavy atom. The summed E-state index contributed by atoms with van der Waals surface area (Å²) in [6.45, 7) is 3.50. The highest BCUT2D eigenvalue weighted by Gasteiger charge is 2.19. The molecule has 2 heterocycles. The minimum atomic E-state index is 0.265. The molecule has 0 aliphatic carbocycles. The summed E-state index contributed by atoms with van der Waals surface area (Å²) in [6, 6.07) is 3.88. The van der Waals surface area contributed by atoms with Crippen molar-refractivity contribution < 1.29 is 14.0 Å². The summed E-state index contributed by atoms with van der Waals surface area (Å²) in [5, 5.41) is 8.52. The number of nitrogens with zero attached hydrogens (tertiary/aromatic N) is 2. The standard InChI is InChI=1S/C15H20BrN3O3/c1-19(7-5-10-9-17-6-8-21-10)15-11-3-4-12(20-2)13(16)14(11)22-18-15/h3-4,10,17H,5-9H2,1-2H3. The second-order valence-electron chi connectivity index (χ2n) is 5.37. The zero-order valence-electron chi connectivity index (χ0n) is 12.8. The number of rotatable bonds is 5. The average molecular weight is 370 g/mol. The first-order valence-corrected chi connectivity index (χ1v) is 8.15. The van der Waals surface area contributed by atoms with E-state index in [-0.39, 0.29) is 6.10 Å². The molecule has 1 N–H and O–H groups in total. The summed E-state index contributed by atoms with van der Waals surface area (Å²) < 4.78 is 17.3. The quantitative estimate of drug-likeness (QED) is 0.873. The molecule has 7 heteroatoms. The number of hydrogen-bond donors (Lipinski definition) is 1. The predicted molar refractivity (Wildman–Crippen MR) is 88.8 cm³/mol. The highest BCUT2D eigenvalue weighted by atomic mass is 79.9. The fourth-order valence-electron chi connectivity index (χ4n) is 2.62. The number of aromatic nitrogens is 1. The third-order valence-electron chi connectivity index (χ3n) is 3.90. The summed E-state index contributed by atoms with van der Waals surface area (Å²) >= 11 is 3.50. The van der Waals surface area contributed by atoms with Gasteiger partial charge in [0.05, 0.1) is 25.2 Å². The molecule has 0 saturated carbocycles. The molecule has 0 bridgehead atoms. The van der Waals surface area contributed by atoms with Crippen LogP contribution in [-0.4, -0.2) is 51.7 Å². The van der Waals surface area contributed by atoms with Crippen molar-refractivity contribution in [3.05, 3.63) is 16.6 Å².